The van der Waals surface area contributed by atoms with Crippen LogP contribution >= 0.6 is 15.9 Å². The zero-order valence-electron chi connectivity index (χ0n) is 8.79. The quantitative estimate of drug-likeness (QED) is 0.685. The minimum Gasteiger partial charge on any atom is -0.497 e. The molecule has 0 atom stereocenters. The summed E-state index contributed by atoms with van der Waals surface area (Å²) in [6.45, 7) is 0. The molecule has 0 saturated carbocycles. The van der Waals surface area contributed by atoms with Crippen LogP contribution in [-0.2, 0) is 0 Å². The van der Waals surface area contributed by atoms with Crippen LogP contribution in [0, 0.1) is 11.8 Å². The molecule has 0 aliphatic heterocycles. The van der Waals surface area contributed by atoms with E-state index >= 15 is 0 Å². The molecule has 84 valence electrons. The van der Waals surface area contributed by atoms with E-state index in [1.54, 1.807) is 6.07 Å². The van der Waals surface area contributed by atoms with Crippen LogP contribution in [0.25, 0.3) is 0 Å². The van der Waals surface area contributed by atoms with Crippen LogP contribution in [0.4, 0.5) is 0 Å². The van der Waals surface area contributed by atoms with Crippen molar-refractivity contribution >= 4 is 21.9 Å². The van der Waals surface area contributed by atoms with Gasteiger partial charge in [-0.05, 0) is 18.2 Å². The Balaban J connectivity index is 3.06. The number of ether oxygens (including phenoxy) is 1. The highest BCUT2D eigenvalue weighted by molar-refractivity contribution is 9.09. The first-order valence-corrected chi connectivity index (χ1v) is 5.76. The standard InChI is InChI=1S/C12H11BrO3/c1-16-11-7-9(4-2-3-5-13)6-10(8-11)12(14)15/h6-8H,3,5H2,1H3,(H,14,15). The molecule has 0 spiro atoms. The molecule has 0 saturated heterocycles. The SMILES string of the molecule is COc1cc(C#CCCBr)cc(C(=O)O)c1. The number of alkyl halides is 1. The van der Waals surface area contributed by atoms with E-state index in [0.717, 1.165) is 11.8 Å². The number of hydrogen-bond acceptors (Lipinski definition) is 2. The van der Waals surface area contributed by atoms with Gasteiger partial charge >= 0.3 is 5.97 Å². The molecule has 0 radical (unpaired) electrons. The van der Waals surface area contributed by atoms with E-state index in [0.29, 0.717) is 11.3 Å². The molecule has 0 amide bonds. The zero-order chi connectivity index (χ0) is 12.0. The number of hydrogen-bond donors (Lipinski definition) is 1. The Labute approximate surface area is 103 Å². The largest absolute Gasteiger partial charge is 0.497 e. The lowest BCUT2D eigenvalue weighted by Gasteiger charge is -2.02. The highest BCUT2D eigenvalue weighted by Gasteiger charge is 2.06. The summed E-state index contributed by atoms with van der Waals surface area (Å²) < 4.78 is 5.01. The molecule has 1 N–H and O–H groups in total. The Hall–Kier alpha value is -1.47. The molecule has 1 aromatic carbocycles. The minimum absolute atomic E-state index is 0.183. The molecular weight excluding hydrogens is 272 g/mol. The van der Waals surface area contributed by atoms with Crippen molar-refractivity contribution in [3.05, 3.63) is 29.3 Å². The van der Waals surface area contributed by atoms with Gasteiger partial charge in [0.05, 0.1) is 12.7 Å². The summed E-state index contributed by atoms with van der Waals surface area (Å²) in [5.41, 5.74) is 0.834. The monoisotopic (exact) mass is 282 g/mol. The van der Waals surface area contributed by atoms with Crippen LogP contribution in [-0.4, -0.2) is 23.5 Å². The van der Waals surface area contributed by atoms with Crippen LogP contribution < -0.4 is 4.74 Å². The van der Waals surface area contributed by atoms with Crippen molar-refractivity contribution in [2.75, 3.05) is 12.4 Å². The molecule has 1 rings (SSSR count). The third-order valence-electron chi connectivity index (χ3n) is 1.84. The van der Waals surface area contributed by atoms with Crippen molar-refractivity contribution in [2.24, 2.45) is 0 Å². The van der Waals surface area contributed by atoms with Crippen LogP contribution in [0.1, 0.15) is 22.3 Å². The van der Waals surface area contributed by atoms with Gasteiger partial charge in [-0.15, -0.1) is 0 Å². The average molecular weight is 283 g/mol. The third kappa shape index (κ3) is 3.59. The Morgan fingerprint density at radius 3 is 2.81 bits per heavy atom. The normalized spacial score (nSPS) is 9.12. The van der Waals surface area contributed by atoms with Gasteiger partial charge < -0.3 is 9.84 Å². The summed E-state index contributed by atoms with van der Waals surface area (Å²) in [7, 11) is 1.50. The van der Waals surface area contributed by atoms with E-state index < -0.39 is 5.97 Å². The topological polar surface area (TPSA) is 46.5 Å². The number of methoxy groups -OCH3 is 1. The van der Waals surface area contributed by atoms with Crippen molar-refractivity contribution in [1.29, 1.82) is 0 Å². The second-order valence-electron chi connectivity index (χ2n) is 3.00. The first kappa shape index (κ1) is 12.6. The minimum atomic E-state index is -0.984. The molecule has 4 heteroatoms. The highest BCUT2D eigenvalue weighted by Crippen LogP contribution is 2.16. The second kappa shape index (κ2) is 6.19. The van der Waals surface area contributed by atoms with E-state index in [9.17, 15) is 4.79 Å². The first-order valence-electron chi connectivity index (χ1n) is 4.64. The fourth-order valence-electron chi connectivity index (χ4n) is 1.12. The lowest BCUT2D eigenvalue weighted by Crippen LogP contribution is -1.98. The number of rotatable bonds is 3. The maximum absolute atomic E-state index is 10.8. The number of benzene rings is 1. The molecule has 3 nitrogen and oxygen atoms in total. The van der Waals surface area contributed by atoms with E-state index in [1.165, 1.54) is 19.2 Å². The molecule has 0 aliphatic carbocycles. The predicted octanol–water partition coefficient (Wildman–Crippen LogP) is 2.53. The molecule has 0 bridgehead atoms. The summed E-state index contributed by atoms with van der Waals surface area (Å²) in [6, 6.07) is 4.72. The third-order valence-corrected chi connectivity index (χ3v) is 2.24. The molecule has 0 heterocycles. The van der Waals surface area contributed by atoms with Gasteiger partial charge in [0.25, 0.3) is 0 Å². The van der Waals surface area contributed by atoms with Crippen molar-refractivity contribution in [3.63, 3.8) is 0 Å². The van der Waals surface area contributed by atoms with Gasteiger partial charge in [0.15, 0.2) is 0 Å². The van der Waals surface area contributed by atoms with Crippen molar-refractivity contribution in [1.82, 2.24) is 0 Å². The molecule has 16 heavy (non-hydrogen) atoms. The highest BCUT2D eigenvalue weighted by atomic mass is 79.9. The Kier molecular flexibility index (Phi) is 4.87. The molecule has 0 unspecified atom stereocenters. The smallest absolute Gasteiger partial charge is 0.335 e. The van der Waals surface area contributed by atoms with Gasteiger partial charge in [-0.1, -0.05) is 27.8 Å². The first-order chi connectivity index (χ1) is 7.67. The lowest BCUT2D eigenvalue weighted by molar-refractivity contribution is 0.0696. The number of aromatic carboxylic acids is 1. The van der Waals surface area contributed by atoms with Crippen molar-refractivity contribution in [2.45, 2.75) is 6.42 Å². The van der Waals surface area contributed by atoms with Gasteiger partial charge in [-0.2, -0.15) is 0 Å². The Bertz CT molecular complexity index is 443. The summed E-state index contributed by atoms with van der Waals surface area (Å²) in [5, 5.41) is 9.69. The maximum atomic E-state index is 10.8. The molecular formula is C12H11BrO3. The summed E-state index contributed by atoms with van der Waals surface area (Å²) in [4.78, 5) is 10.8. The van der Waals surface area contributed by atoms with Crippen LogP contribution in [0.2, 0.25) is 0 Å². The number of halogens is 1. The maximum Gasteiger partial charge on any atom is 0.335 e. The van der Waals surface area contributed by atoms with E-state index in [2.05, 4.69) is 27.8 Å². The number of carbonyl (C=O) groups is 1. The average Bonchev–Trinajstić information content (AvgIpc) is 2.29. The van der Waals surface area contributed by atoms with Crippen LogP contribution in [0.15, 0.2) is 18.2 Å². The van der Waals surface area contributed by atoms with Crippen LogP contribution in [0.3, 0.4) is 0 Å². The summed E-state index contributed by atoms with van der Waals surface area (Å²) in [5.74, 6) is 5.33. The van der Waals surface area contributed by atoms with Crippen molar-refractivity contribution in [3.8, 4) is 17.6 Å². The fourth-order valence-corrected chi connectivity index (χ4v) is 1.32. The van der Waals surface area contributed by atoms with Gasteiger partial charge in [0.1, 0.15) is 5.75 Å². The second-order valence-corrected chi connectivity index (χ2v) is 3.79. The summed E-state index contributed by atoms with van der Waals surface area (Å²) >= 11 is 3.27. The Morgan fingerprint density at radius 2 is 2.25 bits per heavy atom. The van der Waals surface area contributed by atoms with E-state index in [-0.39, 0.29) is 5.56 Å². The molecule has 0 aliphatic rings. The number of carboxylic acid groups (broad SMARTS) is 1. The molecule has 1 aromatic rings. The number of carboxylic acids is 1. The fraction of sp³-hybridized carbons (Fsp3) is 0.250. The lowest BCUT2D eigenvalue weighted by atomic mass is 10.1. The van der Waals surface area contributed by atoms with Gasteiger partial charge in [-0.25, -0.2) is 4.79 Å². The zero-order valence-corrected chi connectivity index (χ0v) is 10.4. The van der Waals surface area contributed by atoms with E-state index in [1.807, 2.05) is 0 Å². The van der Waals surface area contributed by atoms with Crippen molar-refractivity contribution < 1.29 is 14.6 Å². The Morgan fingerprint density at radius 1 is 1.50 bits per heavy atom. The van der Waals surface area contributed by atoms with E-state index in [4.69, 9.17) is 9.84 Å². The van der Waals surface area contributed by atoms with Crippen LogP contribution in [0.5, 0.6) is 5.75 Å². The molecule has 0 fully saturated rings. The van der Waals surface area contributed by atoms with Gasteiger partial charge in [0, 0.05) is 17.3 Å². The van der Waals surface area contributed by atoms with Gasteiger partial charge in [0.2, 0.25) is 0 Å². The molecule has 0 aromatic heterocycles. The van der Waals surface area contributed by atoms with Gasteiger partial charge in [-0.3, -0.25) is 0 Å². The predicted molar refractivity (Wildman–Crippen MR) is 65.2 cm³/mol. The summed E-state index contributed by atoms with van der Waals surface area (Å²) in [6.07, 6.45) is 0.722.